The van der Waals surface area contributed by atoms with Crippen LogP contribution in [0.4, 0.5) is 18.9 Å². The van der Waals surface area contributed by atoms with E-state index in [2.05, 4.69) is 10.4 Å². The average Bonchev–Trinajstić information content (AvgIpc) is 3.13. The number of nitrogens with one attached hydrogen (secondary N) is 1. The van der Waals surface area contributed by atoms with E-state index in [4.69, 9.17) is 0 Å². The van der Waals surface area contributed by atoms with Crippen LogP contribution in [0.5, 0.6) is 0 Å². The van der Waals surface area contributed by atoms with Crippen molar-refractivity contribution in [2.24, 2.45) is 0 Å². The normalized spacial score (nSPS) is 11.1. The number of nitrogens with zero attached hydrogens (tertiary/aromatic N) is 3. The molecule has 0 fully saturated rings. The number of aliphatic hydroxyl groups excluding tert-OH is 1. The Kier molecular flexibility index (Phi) is 5.30. The number of carbonyl (C=O) groups excluding carboxylic acids is 1. The van der Waals surface area contributed by atoms with E-state index in [1.807, 2.05) is 0 Å². The SMILES string of the molecule is O=C(Cn1ccn2nc(-c3ccc(F)cc3)c(CO)c2c1=O)Nc1ccc(F)c(F)c1. The Morgan fingerprint density at radius 3 is 2.45 bits per heavy atom. The van der Waals surface area contributed by atoms with Gasteiger partial charge in [-0.2, -0.15) is 5.10 Å². The van der Waals surface area contributed by atoms with Gasteiger partial charge in [0.15, 0.2) is 11.6 Å². The maximum atomic E-state index is 13.3. The summed E-state index contributed by atoms with van der Waals surface area (Å²) < 4.78 is 41.9. The van der Waals surface area contributed by atoms with Crippen molar-refractivity contribution in [1.29, 1.82) is 0 Å². The zero-order chi connectivity index (χ0) is 22.1. The highest BCUT2D eigenvalue weighted by Gasteiger charge is 2.18. The van der Waals surface area contributed by atoms with Crippen molar-refractivity contribution in [3.63, 3.8) is 0 Å². The van der Waals surface area contributed by atoms with E-state index in [0.29, 0.717) is 11.3 Å². The molecule has 0 aliphatic carbocycles. The third-order valence-electron chi connectivity index (χ3n) is 4.65. The van der Waals surface area contributed by atoms with Gasteiger partial charge in [-0.25, -0.2) is 17.7 Å². The van der Waals surface area contributed by atoms with Crippen LogP contribution in [-0.2, 0) is 17.9 Å². The first kappa shape index (κ1) is 20.4. The first-order valence-corrected chi connectivity index (χ1v) is 9.09. The van der Waals surface area contributed by atoms with Crippen LogP contribution in [-0.4, -0.2) is 25.2 Å². The third-order valence-corrected chi connectivity index (χ3v) is 4.65. The number of aliphatic hydroxyl groups is 1. The average molecular weight is 428 g/mol. The van der Waals surface area contributed by atoms with E-state index in [1.165, 1.54) is 47.2 Å². The van der Waals surface area contributed by atoms with Crippen LogP contribution in [0.2, 0.25) is 0 Å². The van der Waals surface area contributed by atoms with E-state index in [9.17, 15) is 27.9 Å². The molecule has 10 heteroatoms. The molecule has 2 aromatic heterocycles. The Morgan fingerprint density at radius 1 is 1.03 bits per heavy atom. The second-order valence-corrected chi connectivity index (χ2v) is 6.69. The Bertz CT molecular complexity index is 1350. The molecule has 1 amide bonds. The molecule has 2 heterocycles. The van der Waals surface area contributed by atoms with E-state index >= 15 is 0 Å². The smallest absolute Gasteiger partial charge is 0.277 e. The molecule has 0 aliphatic rings. The van der Waals surface area contributed by atoms with Gasteiger partial charge in [0.1, 0.15) is 17.9 Å². The maximum Gasteiger partial charge on any atom is 0.277 e. The number of carbonyl (C=O) groups is 1. The van der Waals surface area contributed by atoms with E-state index < -0.39 is 42.1 Å². The number of anilines is 1. The fourth-order valence-corrected chi connectivity index (χ4v) is 3.19. The summed E-state index contributed by atoms with van der Waals surface area (Å²) in [4.78, 5) is 25.2. The molecular formula is C21H15F3N4O3. The van der Waals surface area contributed by atoms with Crippen LogP contribution in [0, 0.1) is 17.5 Å². The monoisotopic (exact) mass is 428 g/mol. The summed E-state index contributed by atoms with van der Waals surface area (Å²) in [5.41, 5.74) is 0.557. The minimum absolute atomic E-state index is 0.0389. The Balaban J connectivity index is 1.67. The summed E-state index contributed by atoms with van der Waals surface area (Å²) in [7, 11) is 0. The van der Waals surface area contributed by atoms with Gasteiger partial charge in [-0.3, -0.25) is 9.59 Å². The summed E-state index contributed by atoms with van der Waals surface area (Å²) in [6, 6.07) is 8.32. The lowest BCUT2D eigenvalue weighted by atomic mass is 10.1. The minimum Gasteiger partial charge on any atom is -0.392 e. The molecule has 0 atom stereocenters. The van der Waals surface area contributed by atoms with Gasteiger partial charge in [0.2, 0.25) is 5.91 Å². The fraction of sp³-hybridized carbons (Fsp3) is 0.0952. The predicted molar refractivity (Wildman–Crippen MR) is 106 cm³/mol. The molecule has 158 valence electrons. The molecule has 2 aromatic carbocycles. The quantitative estimate of drug-likeness (QED) is 0.512. The number of hydrogen-bond acceptors (Lipinski definition) is 4. The Morgan fingerprint density at radius 2 is 1.77 bits per heavy atom. The predicted octanol–water partition coefficient (Wildman–Crippen LogP) is 2.71. The van der Waals surface area contributed by atoms with Crippen LogP contribution in [0.1, 0.15) is 5.56 Å². The van der Waals surface area contributed by atoms with Crippen molar-refractivity contribution in [2.45, 2.75) is 13.2 Å². The highest BCUT2D eigenvalue weighted by atomic mass is 19.2. The van der Waals surface area contributed by atoms with Gasteiger partial charge >= 0.3 is 0 Å². The highest BCUT2D eigenvalue weighted by Crippen LogP contribution is 2.25. The van der Waals surface area contributed by atoms with Gasteiger partial charge in [-0.1, -0.05) is 0 Å². The Labute approximate surface area is 173 Å². The van der Waals surface area contributed by atoms with Gasteiger partial charge in [-0.05, 0) is 36.4 Å². The van der Waals surface area contributed by atoms with Crippen molar-refractivity contribution < 1.29 is 23.1 Å². The molecule has 31 heavy (non-hydrogen) atoms. The van der Waals surface area contributed by atoms with Gasteiger partial charge in [0, 0.05) is 35.3 Å². The topological polar surface area (TPSA) is 88.6 Å². The summed E-state index contributed by atoms with van der Waals surface area (Å²) >= 11 is 0. The van der Waals surface area contributed by atoms with E-state index in [1.54, 1.807) is 0 Å². The highest BCUT2D eigenvalue weighted by molar-refractivity contribution is 5.90. The van der Waals surface area contributed by atoms with Crippen molar-refractivity contribution >= 4 is 17.1 Å². The van der Waals surface area contributed by atoms with Crippen molar-refractivity contribution in [3.05, 3.63) is 88.2 Å². The van der Waals surface area contributed by atoms with Crippen LogP contribution in [0.3, 0.4) is 0 Å². The number of rotatable bonds is 5. The summed E-state index contributed by atoms with van der Waals surface area (Å²) in [6.45, 7) is -0.910. The molecule has 0 saturated heterocycles. The van der Waals surface area contributed by atoms with Gasteiger partial charge in [-0.15, -0.1) is 0 Å². The number of halogens is 3. The summed E-state index contributed by atoms with van der Waals surface area (Å²) in [5.74, 6) is -3.24. The number of amides is 1. The molecule has 0 saturated carbocycles. The second kappa shape index (κ2) is 8.07. The minimum atomic E-state index is -1.11. The first-order valence-electron chi connectivity index (χ1n) is 9.09. The number of hydrogen-bond donors (Lipinski definition) is 2. The largest absolute Gasteiger partial charge is 0.392 e. The third kappa shape index (κ3) is 3.92. The van der Waals surface area contributed by atoms with Crippen molar-refractivity contribution in [2.75, 3.05) is 5.32 Å². The number of fused-ring (bicyclic) bond motifs is 1. The zero-order valence-corrected chi connectivity index (χ0v) is 15.8. The van der Waals surface area contributed by atoms with Crippen molar-refractivity contribution in [1.82, 2.24) is 14.2 Å². The molecule has 4 aromatic rings. The molecule has 0 bridgehead atoms. The zero-order valence-electron chi connectivity index (χ0n) is 15.8. The number of aromatic nitrogens is 3. The van der Waals surface area contributed by atoms with E-state index in [0.717, 1.165) is 16.7 Å². The maximum absolute atomic E-state index is 13.3. The molecule has 7 nitrogen and oxygen atoms in total. The molecule has 0 aliphatic heterocycles. The molecule has 0 unspecified atom stereocenters. The van der Waals surface area contributed by atoms with Crippen LogP contribution in [0.15, 0.2) is 59.7 Å². The number of benzene rings is 2. The van der Waals surface area contributed by atoms with Crippen LogP contribution >= 0.6 is 0 Å². The lowest BCUT2D eigenvalue weighted by molar-refractivity contribution is -0.116. The molecule has 0 radical (unpaired) electrons. The molecule has 0 spiro atoms. The summed E-state index contributed by atoms with van der Waals surface area (Å²) in [6.07, 6.45) is 2.77. The molecular weight excluding hydrogens is 413 g/mol. The molecule has 2 N–H and O–H groups in total. The fourth-order valence-electron chi connectivity index (χ4n) is 3.19. The van der Waals surface area contributed by atoms with Crippen LogP contribution < -0.4 is 10.9 Å². The van der Waals surface area contributed by atoms with Crippen molar-refractivity contribution in [3.8, 4) is 11.3 Å². The van der Waals surface area contributed by atoms with Gasteiger partial charge in [0.25, 0.3) is 5.56 Å². The molecule has 4 rings (SSSR count). The standard InChI is InChI=1S/C21H15F3N4O3/c22-13-3-1-12(2-4-13)19-15(11-29)20-21(31)27(7-8-28(20)26-19)10-18(30)25-14-5-6-16(23)17(24)9-14/h1-9,29H,10-11H2,(H,25,30). The first-order chi connectivity index (χ1) is 14.9. The van der Waals surface area contributed by atoms with E-state index in [-0.39, 0.29) is 16.8 Å². The van der Waals surface area contributed by atoms with Crippen LogP contribution in [0.25, 0.3) is 16.8 Å². The lowest BCUT2D eigenvalue weighted by Gasteiger charge is -2.08. The lowest BCUT2D eigenvalue weighted by Crippen LogP contribution is -2.28. The Hall–Kier alpha value is -3.92. The van der Waals surface area contributed by atoms with Gasteiger partial charge < -0.3 is 15.0 Å². The van der Waals surface area contributed by atoms with Gasteiger partial charge in [0.05, 0.1) is 12.3 Å². The summed E-state index contributed by atoms with van der Waals surface area (Å²) in [5, 5.41) is 16.5. The second-order valence-electron chi connectivity index (χ2n) is 6.69.